The third-order valence-electron chi connectivity index (χ3n) is 4.33. The Morgan fingerprint density at radius 2 is 1.80 bits per heavy atom. The molecule has 0 saturated carbocycles. The normalized spacial score (nSPS) is 13.4. The van der Waals surface area contributed by atoms with E-state index in [4.69, 9.17) is 5.73 Å². The Kier molecular flexibility index (Phi) is 4.57. The first kappa shape index (κ1) is 16.8. The lowest BCUT2D eigenvalue weighted by Gasteiger charge is -2.07. The van der Waals surface area contributed by atoms with Crippen molar-refractivity contribution >= 4 is 11.3 Å². The Morgan fingerprint density at radius 1 is 1.08 bits per heavy atom. The van der Waals surface area contributed by atoms with Crippen molar-refractivity contribution in [3.63, 3.8) is 0 Å². The molecular formula is C22H23N3. The largest absolute Gasteiger partial charge is 0.402 e. The molecule has 0 spiro atoms. The van der Waals surface area contributed by atoms with Crippen LogP contribution in [-0.4, -0.2) is 9.78 Å². The quantitative estimate of drug-likeness (QED) is 0.803. The standard InChI is InChI=1S/C22H23N3/c1-5-20(22-12-15(2)6-11-21(22)16(3)23)18-9-7-17(8-10-18)19-13-24-25(4)14-19/h5-14H,1,23H2,2-4H3/b21-16+,22-20+. The van der Waals surface area contributed by atoms with Gasteiger partial charge >= 0.3 is 0 Å². The molecule has 2 N–H and O–H groups in total. The van der Waals surface area contributed by atoms with Gasteiger partial charge in [-0.3, -0.25) is 4.68 Å². The van der Waals surface area contributed by atoms with Crippen molar-refractivity contribution in [2.45, 2.75) is 13.8 Å². The van der Waals surface area contributed by atoms with Gasteiger partial charge in [-0.15, -0.1) is 0 Å². The third-order valence-corrected chi connectivity index (χ3v) is 4.33. The number of benzene rings is 2. The molecule has 0 atom stereocenters. The van der Waals surface area contributed by atoms with Crippen molar-refractivity contribution in [3.8, 4) is 11.1 Å². The van der Waals surface area contributed by atoms with Crippen LogP contribution >= 0.6 is 0 Å². The van der Waals surface area contributed by atoms with Crippen molar-refractivity contribution in [1.82, 2.24) is 9.78 Å². The maximum absolute atomic E-state index is 6.10. The van der Waals surface area contributed by atoms with E-state index < -0.39 is 0 Å². The van der Waals surface area contributed by atoms with Gasteiger partial charge in [-0.25, -0.2) is 0 Å². The van der Waals surface area contributed by atoms with Crippen molar-refractivity contribution in [3.05, 3.63) is 89.1 Å². The SMILES string of the molecule is C=C/C(c1ccc(-c2cnn(C)c2)cc1)=c1/cc(C)cc/c1=C(/C)N. The Balaban J connectivity index is 2.19. The van der Waals surface area contributed by atoms with Crippen LogP contribution in [0, 0.1) is 6.92 Å². The van der Waals surface area contributed by atoms with Crippen LogP contribution in [0.5, 0.6) is 0 Å². The molecule has 3 rings (SSSR count). The monoisotopic (exact) mass is 329 g/mol. The summed E-state index contributed by atoms with van der Waals surface area (Å²) in [5.74, 6) is 0. The van der Waals surface area contributed by atoms with Gasteiger partial charge in [-0.05, 0) is 35.8 Å². The summed E-state index contributed by atoms with van der Waals surface area (Å²) in [6.07, 6.45) is 5.79. The van der Waals surface area contributed by atoms with E-state index in [1.165, 1.54) is 5.56 Å². The van der Waals surface area contributed by atoms with E-state index in [2.05, 4.69) is 61.1 Å². The molecule has 3 aromatic rings. The molecule has 1 heterocycles. The van der Waals surface area contributed by atoms with Crippen LogP contribution in [-0.2, 0) is 7.05 Å². The van der Waals surface area contributed by atoms with E-state index in [1.54, 1.807) is 0 Å². The first-order chi connectivity index (χ1) is 12.0. The first-order valence-electron chi connectivity index (χ1n) is 8.29. The first-order valence-corrected chi connectivity index (χ1v) is 8.29. The molecule has 126 valence electrons. The number of hydrogen-bond acceptors (Lipinski definition) is 2. The summed E-state index contributed by atoms with van der Waals surface area (Å²) in [6, 6.07) is 14.8. The minimum Gasteiger partial charge on any atom is -0.402 e. The summed E-state index contributed by atoms with van der Waals surface area (Å²) in [5.41, 5.74) is 12.6. The molecular weight excluding hydrogens is 306 g/mol. The van der Waals surface area contributed by atoms with Crippen molar-refractivity contribution in [2.24, 2.45) is 12.8 Å². The smallest absolute Gasteiger partial charge is 0.0568 e. The molecule has 0 radical (unpaired) electrons. The second-order valence-electron chi connectivity index (χ2n) is 6.33. The highest BCUT2D eigenvalue weighted by atomic mass is 15.2. The molecule has 0 aliphatic heterocycles. The van der Waals surface area contributed by atoms with Crippen LogP contribution in [0.1, 0.15) is 18.1 Å². The van der Waals surface area contributed by atoms with Gasteiger partial charge in [0.25, 0.3) is 0 Å². The van der Waals surface area contributed by atoms with Crippen molar-refractivity contribution in [2.75, 3.05) is 0 Å². The van der Waals surface area contributed by atoms with Crippen LogP contribution in [0.4, 0.5) is 0 Å². The lowest BCUT2D eigenvalue weighted by atomic mass is 9.98. The zero-order chi connectivity index (χ0) is 18.0. The fourth-order valence-electron chi connectivity index (χ4n) is 3.02. The molecule has 3 heteroatoms. The molecule has 0 fully saturated rings. The molecule has 2 aromatic carbocycles. The highest BCUT2D eigenvalue weighted by Gasteiger charge is 2.04. The zero-order valence-corrected chi connectivity index (χ0v) is 15.0. The number of rotatable bonds is 3. The summed E-state index contributed by atoms with van der Waals surface area (Å²) in [5, 5.41) is 6.40. The van der Waals surface area contributed by atoms with Gasteiger partial charge in [-0.2, -0.15) is 5.10 Å². The molecule has 0 unspecified atom stereocenters. The highest BCUT2D eigenvalue weighted by molar-refractivity contribution is 5.75. The van der Waals surface area contributed by atoms with Gasteiger partial charge in [-0.1, -0.05) is 60.7 Å². The van der Waals surface area contributed by atoms with E-state index in [0.717, 1.165) is 38.4 Å². The van der Waals surface area contributed by atoms with Crippen LogP contribution in [0.2, 0.25) is 0 Å². The number of hydrogen-bond donors (Lipinski definition) is 1. The fourth-order valence-corrected chi connectivity index (χ4v) is 3.02. The third kappa shape index (κ3) is 3.41. The maximum Gasteiger partial charge on any atom is 0.0568 e. The average Bonchev–Trinajstić information content (AvgIpc) is 3.02. The van der Waals surface area contributed by atoms with Gasteiger partial charge < -0.3 is 5.73 Å². The van der Waals surface area contributed by atoms with E-state index >= 15 is 0 Å². The van der Waals surface area contributed by atoms with Crippen molar-refractivity contribution in [1.29, 1.82) is 0 Å². The molecule has 1 aromatic heterocycles. The van der Waals surface area contributed by atoms with Crippen molar-refractivity contribution < 1.29 is 0 Å². The predicted molar refractivity (Wildman–Crippen MR) is 105 cm³/mol. The molecule has 0 aliphatic rings. The summed E-state index contributed by atoms with van der Waals surface area (Å²) in [7, 11) is 1.92. The molecule has 25 heavy (non-hydrogen) atoms. The maximum atomic E-state index is 6.10. The van der Waals surface area contributed by atoms with Gasteiger partial charge in [0.05, 0.1) is 6.20 Å². The second-order valence-corrected chi connectivity index (χ2v) is 6.33. The van der Waals surface area contributed by atoms with Gasteiger partial charge in [0, 0.05) is 29.7 Å². The van der Waals surface area contributed by atoms with E-state index in [9.17, 15) is 0 Å². The summed E-state index contributed by atoms with van der Waals surface area (Å²) >= 11 is 0. The van der Waals surface area contributed by atoms with Crippen LogP contribution in [0.3, 0.4) is 0 Å². The highest BCUT2D eigenvalue weighted by Crippen LogP contribution is 2.21. The number of allylic oxidation sites excluding steroid dienone is 1. The van der Waals surface area contributed by atoms with Gasteiger partial charge in [0.1, 0.15) is 0 Å². The van der Waals surface area contributed by atoms with Crippen LogP contribution in [0.25, 0.3) is 22.4 Å². The number of aryl methyl sites for hydroxylation is 2. The number of nitrogens with zero attached hydrogens (tertiary/aromatic N) is 2. The second kappa shape index (κ2) is 6.81. The number of nitrogens with two attached hydrogens (primary N) is 1. The summed E-state index contributed by atoms with van der Waals surface area (Å²) in [4.78, 5) is 0. The molecule has 0 aliphatic carbocycles. The predicted octanol–water partition coefficient (Wildman–Crippen LogP) is 2.87. The molecule has 3 nitrogen and oxygen atoms in total. The molecule has 0 amide bonds. The van der Waals surface area contributed by atoms with Gasteiger partial charge in [0.2, 0.25) is 0 Å². The number of aromatic nitrogens is 2. The Bertz CT molecular complexity index is 1030. The van der Waals surface area contributed by atoms with Crippen LogP contribution < -0.4 is 16.2 Å². The summed E-state index contributed by atoms with van der Waals surface area (Å²) < 4.78 is 1.81. The Morgan fingerprint density at radius 3 is 2.36 bits per heavy atom. The average molecular weight is 329 g/mol. The summed E-state index contributed by atoms with van der Waals surface area (Å²) in [6.45, 7) is 8.05. The van der Waals surface area contributed by atoms with E-state index in [-0.39, 0.29) is 0 Å². The lowest BCUT2D eigenvalue weighted by molar-refractivity contribution is 0.768. The Labute approximate surface area is 148 Å². The minimum atomic E-state index is 0.807. The Hall–Kier alpha value is -3.07. The van der Waals surface area contributed by atoms with Crippen LogP contribution in [0.15, 0.2) is 67.5 Å². The van der Waals surface area contributed by atoms with Gasteiger partial charge in [0.15, 0.2) is 0 Å². The minimum absolute atomic E-state index is 0.807. The fraction of sp³-hybridized carbons (Fsp3) is 0.136. The molecule has 0 bridgehead atoms. The van der Waals surface area contributed by atoms with E-state index in [0.29, 0.717) is 0 Å². The molecule has 0 saturated heterocycles. The van der Waals surface area contributed by atoms with E-state index in [1.807, 2.05) is 37.1 Å². The zero-order valence-electron chi connectivity index (χ0n) is 15.0. The topological polar surface area (TPSA) is 43.8 Å². The lowest BCUT2D eigenvalue weighted by Crippen LogP contribution is -2.31.